The molecule has 1 unspecified atom stereocenters. The topological polar surface area (TPSA) is 50.1 Å². The molecule has 15 heavy (non-hydrogen) atoms. The molecule has 0 saturated heterocycles. The average molecular weight is 201 g/mol. The second-order valence-electron chi connectivity index (χ2n) is 2.93. The summed E-state index contributed by atoms with van der Waals surface area (Å²) in [7, 11) is 0. The summed E-state index contributed by atoms with van der Waals surface area (Å²) in [6.45, 7) is 1.28. The van der Waals surface area contributed by atoms with Crippen LogP contribution in [0.3, 0.4) is 0 Å². The van der Waals surface area contributed by atoms with Gasteiger partial charge in [-0.2, -0.15) is 5.26 Å². The second kappa shape index (κ2) is 5.61. The Bertz CT molecular complexity index is 390. The van der Waals surface area contributed by atoms with Crippen LogP contribution in [0.25, 0.3) is 6.08 Å². The first kappa shape index (κ1) is 11.0. The third-order valence-electron chi connectivity index (χ3n) is 1.68. The monoisotopic (exact) mass is 201 g/mol. The molecule has 0 bridgehead atoms. The minimum Gasteiger partial charge on any atom is -0.443 e. The molecule has 3 heteroatoms. The van der Waals surface area contributed by atoms with Crippen molar-refractivity contribution in [2.75, 3.05) is 0 Å². The van der Waals surface area contributed by atoms with E-state index in [4.69, 9.17) is 10.00 Å². The highest BCUT2D eigenvalue weighted by molar-refractivity contribution is 5.67. The number of nitriles is 1. The van der Waals surface area contributed by atoms with Crippen LogP contribution in [0.4, 0.5) is 0 Å². The number of ether oxygens (including phenoxy) is 1. The molecular weight excluding hydrogens is 190 g/mol. The van der Waals surface area contributed by atoms with Crippen LogP contribution in [-0.2, 0) is 9.53 Å². The lowest BCUT2D eigenvalue weighted by molar-refractivity contribution is -0.142. The highest BCUT2D eigenvalue weighted by atomic mass is 16.5. The van der Waals surface area contributed by atoms with Gasteiger partial charge in [-0.1, -0.05) is 36.4 Å². The summed E-state index contributed by atoms with van der Waals surface area (Å²) < 4.78 is 4.73. The molecule has 0 fully saturated rings. The Morgan fingerprint density at radius 3 is 2.67 bits per heavy atom. The number of hydrogen-bond acceptors (Lipinski definition) is 3. The van der Waals surface area contributed by atoms with Crippen LogP contribution in [0.5, 0.6) is 0 Å². The Kier molecular flexibility index (Phi) is 4.11. The minimum atomic E-state index is -0.817. The first-order valence-electron chi connectivity index (χ1n) is 4.52. The van der Waals surface area contributed by atoms with Gasteiger partial charge in [0, 0.05) is 6.92 Å². The van der Waals surface area contributed by atoms with Gasteiger partial charge in [0.2, 0.25) is 6.10 Å². The van der Waals surface area contributed by atoms with Crippen LogP contribution >= 0.6 is 0 Å². The maximum atomic E-state index is 10.6. The quantitative estimate of drug-likeness (QED) is 0.704. The number of nitrogens with zero attached hydrogens (tertiary/aromatic N) is 1. The first-order chi connectivity index (χ1) is 7.22. The van der Waals surface area contributed by atoms with Crippen LogP contribution in [0.2, 0.25) is 0 Å². The first-order valence-corrected chi connectivity index (χ1v) is 4.52. The van der Waals surface area contributed by atoms with Crippen molar-refractivity contribution in [3.05, 3.63) is 42.0 Å². The lowest BCUT2D eigenvalue weighted by Crippen LogP contribution is -2.10. The van der Waals surface area contributed by atoms with Crippen LogP contribution in [0, 0.1) is 11.3 Å². The smallest absolute Gasteiger partial charge is 0.304 e. The van der Waals surface area contributed by atoms with Crippen LogP contribution in [0.15, 0.2) is 36.4 Å². The summed E-state index contributed by atoms with van der Waals surface area (Å²) in [6, 6.07) is 11.4. The molecule has 1 atom stereocenters. The van der Waals surface area contributed by atoms with Crippen molar-refractivity contribution in [3.8, 4) is 6.07 Å². The molecule has 3 nitrogen and oxygen atoms in total. The van der Waals surface area contributed by atoms with Crippen molar-refractivity contribution in [3.63, 3.8) is 0 Å². The van der Waals surface area contributed by atoms with Crippen molar-refractivity contribution in [1.29, 1.82) is 5.26 Å². The number of esters is 1. The van der Waals surface area contributed by atoms with Crippen molar-refractivity contribution in [1.82, 2.24) is 0 Å². The van der Waals surface area contributed by atoms with E-state index in [0.29, 0.717) is 0 Å². The maximum absolute atomic E-state index is 10.6. The summed E-state index contributed by atoms with van der Waals surface area (Å²) in [6.07, 6.45) is 2.48. The number of carbonyl (C=O) groups is 1. The average Bonchev–Trinajstić information content (AvgIpc) is 2.25. The van der Waals surface area contributed by atoms with Gasteiger partial charge in [-0.3, -0.25) is 4.79 Å². The third kappa shape index (κ3) is 4.10. The fourth-order valence-electron chi connectivity index (χ4n) is 1.05. The van der Waals surface area contributed by atoms with Gasteiger partial charge in [0.1, 0.15) is 6.07 Å². The van der Waals surface area contributed by atoms with Crippen LogP contribution in [-0.4, -0.2) is 12.1 Å². The molecule has 0 radical (unpaired) electrons. The van der Waals surface area contributed by atoms with Gasteiger partial charge < -0.3 is 4.74 Å². The van der Waals surface area contributed by atoms with Crippen molar-refractivity contribution >= 4 is 12.0 Å². The minimum absolute atomic E-state index is 0.459. The van der Waals surface area contributed by atoms with Crippen LogP contribution in [0.1, 0.15) is 12.5 Å². The van der Waals surface area contributed by atoms with E-state index in [0.717, 1.165) is 5.56 Å². The molecule has 0 aromatic heterocycles. The SMILES string of the molecule is CC(=O)OC(C#N)/C=C/c1ccccc1. The van der Waals surface area contributed by atoms with Crippen LogP contribution < -0.4 is 0 Å². The molecule has 0 N–H and O–H groups in total. The zero-order chi connectivity index (χ0) is 11.1. The lowest BCUT2D eigenvalue weighted by atomic mass is 10.2. The number of benzene rings is 1. The van der Waals surface area contributed by atoms with Gasteiger partial charge in [0.25, 0.3) is 0 Å². The van der Waals surface area contributed by atoms with E-state index in [-0.39, 0.29) is 0 Å². The van der Waals surface area contributed by atoms with E-state index in [1.54, 1.807) is 12.2 Å². The summed E-state index contributed by atoms with van der Waals surface area (Å²) in [5.41, 5.74) is 0.963. The van der Waals surface area contributed by atoms with Gasteiger partial charge in [-0.25, -0.2) is 0 Å². The van der Waals surface area contributed by atoms with Crippen molar-refractivity contribution in [2.45, 2.75) is 13.0 Å². The lowest BCUT2D eigenvalue weighted by Gasteiger charge is -2.02. The molecule has 76 valence electrons. The molecule has 0 amide bonds. The molecule has 0 spiro atoms. The molecule has 0 aliphatic heterocycles. The second-order valence-corrected chi connectivity index (χ2v) is 2.93. The number of hydrogen-bond donors (Lipinski definition) is 0. The Balaban J connectivity index is 2.64. The fourth-order valence-corrected chi connectivity index (χ4v) is 1.05. The molecule has 0 aliphatic carbocycles. The summed E-state index contributed by atoms with van der Waals surface area (Å²) in [5.74, 6) is -0.459. The fraction of sp³-hybridized carbons (Fsp3) is 0.167. The largest absolute Gasteiger partial charge is 0.443 e. The highest BCUT2D eigenvalue weighted by Crippen LogP contribution is 2.03. The summed E-state index contributed by atoms with van der Waals surface area (Å²) in [4.78, 5) is 10.6. The number of rotatable bonds is 3. The van der Waals surface area contributed by atoms with E-state index < -0.39 is 12.1 Å². The Morgan fingerprint density at radius 1 is 1.47 bits per heavy atom. The van der Waals surface area contributed by atoms with Gasteiger partial charge in [-0.05, 0) is 11.6 Å². The zero-order valence-corrected chi connectivity index (χ0v) is 8.38. The number of carbonyl (C=O) groups excluding carboxylic acids is 1. The van der Waals surface area contributed by atoms with Gasteiger partial charge in [0.05, 0.1) is 0 Å². The summed E-state index contributed by atoms with van der Waals surface area (Å²) >= 11 is 0. The van der Waals surface area contributed by atoms with Gasteiger partial charge >= 0.3 is 5.97 Å². The van der Waals surface area contributed by atoms with E-state index >= 15 is 0 Å². The molecule has 0 saturated carbocycles. The third-order valence-corrected chi connectivity index (χ3v) is 1.68. The Labute approximate surface area is 88.6 Å². The molecule has 1 aromatic carbocycles. The van der Waals surface area contributed by atoms with E-state index in [1.807, 2.05) is 36.4 Å². The van der Waals surface area contributed by atoms with E-state index in [9.17, 15) is 4.79 Å². The molecule has 1 rings (SSSR count). The molecule has 0 aliphatic rings. The molecular formula is C12H11NO2. The normalized spacial score (nSPS) is 12.0. The predicted octanol–water partition coefficient (Wildman–Crippen LogP) is 2.16. The molecule has 1 aromatic rings. The standard InChI is InChI=1S/C12H11NO2/c1-10(14)15-12(9-13)8-7-11-5-3-2-4-6-11/h2-8,12H,1H3/b8-7+. The Hall–Kier alpha value is -2.08. The Morgan fingerprint density at radius 2 is 2.13 bits per heavy atom. The predicted molar refractivity (Wildman–Crippen MR) is 56.6 cm³/mol. The van der Waals surface area contributed by atoms with Gasteiger partial charge in [0.15, 0.2) is 0 Å². The summed E-state index contributed by atoms with van der Waals surface area (Å²) in [5, 5.41) is 8.67. The maximum Gasteiger partial charge on any atom is 0.304 e. The van der Waals surface area contributed by atoms with E-state index in [2.05, 4.69) is 0 Å². The molecule has 0 heterocycles. The highest BCUT2D eigenvalue weighted by Gasteiger charge is 2.04. The van der Waals surface area contributed by atoms with Gasteiger partial charge in [-0.15, -0.1) is 0 Å². The van der Waals surface area contributed by atoms with E-state index in [1.165, 1.54) is 6.92 Å². The van der Waals surface area contributed by atoms with Crippen molar-refractivity contribution in [2.24, 2.45) is 0 Å². The zero-order valence-electron chi connectivity index (χ0n) is 8.38. The van der Waals surface area contributed by atoms with Crippen molar-refractivity contribution < 1.29 is 9.53 Å².